The van der Waals surface area contributed by atoms with Crippen LogP contribution in [0.5, 0.6) is 0 Å². The zero-order valence-corrected chi connectivity index (χ0v) is 8.91. The minimum Gasteiger partial charge on any atom is -0.320 e. The van der Waals surface area contributed by atoms with Crippen LogP contribution in [0.2, 0.25) is 0 Å². The number of thiophene rings is 1. The molecule has 0 aromatic carbocycles. The van der Waals surface area contributed by atoms with Crippen molar-refractivity contribution in [1.29, 1.82) is 0 Å². The molecule has 5 heteroatoms. The Morgan fingerprint density at radius 1 is 1.40 bits per heavy atom. The number of nitrogens with zero attached hydrogens (tertiary/aromatic N) is 2. The van der Waals surface area contributed by atoms with Gasteiger partial charge in [-0.25, -0.2) is 4.98 Å². The average Bonchev–Trinajstić information content (AvgIpc) is 2.71. The fourth-order valence-corrected chi connectivity index (χ4v) is 1.63. The van der Waals surface area contributed by atoms with E-state index in [0.29, 0.717) is 5.69 Å². The van der Waals surface area contributed by atoms with Crippen molar-refractivity contribution >= 4 is 22.9 Å². The van der Waals surface area contributed by atoms with Gasteiger partial charge < -0.3 is 5.32 Å². The normalized spacial score (nSPS) is 9.93. The molecule has 1 N–H and O–H groups in total. The summed E-state index contributed by atoms with van der Waals surface area (Å²) in [6.07, 6.45) is 3.04. The van der Waals surface area contributed by atoms with Gasteiger partial charge in [0.05, 0.1) is 17.6 Å². The number of carbonyl (C=O) groups is 1. The van der Waals surface area contributed by atoms with E-state index in [1.54, 1.807) is 6.20 Å². The molecule has 0 bridgehead atoms. The molecule has 0 aliphatic carbocycles. The number of carbonyl (C=O) groups excluding carboxylic acids is 1. The summed E-state index contributed by atoms with van der Waals surface area (Å²) in [5.41, 5.74) is 1.90. The number of anilines is 1. The number of aromatic nitrogens is 2. The maximum absolute atomic E-state index is 11.6. The highest BCUT2D eigenvalue weighted by molar-refractivity contribution is 7.08. The molecule has 15 heavy (non-hydrogen) atoms. The van der Waals surface area contributed by atoms with Crippen molar-refractivity contribution in [1.82, 2.24) is 9.97 Å². The molecule has 0 spiro atoms. The summed E-state index contributed by atoms with van der Waals surface area (Å²) in [6.45, 7) is 1.83. The van der Waals surface area contributed by atoms with Gasteiger partial charge in [0.15, 0.2) is 0 Å². The van der Waals surface area contributed by atoms with Crippen molar-refractivity contribution in [2.45, 2.75) is 6.92 Å². The van der Waals surface area contributed by atoms with E-state index in [1.165, 1.54) is 17.5 Å². The van der Waals surface area contributed by atoms with E-state index in [1.807, 2.05) is 23.8 Å². The fourth-order valence-electron chi connectivity index (χ4n) is 1.04. The third kappa shape index (κ3) is 2.38. The predicted molar refractivity (Wildman–Crippen MR) is 59.0 cm³/mol. The van der Waals surface area contributed by atoms with E-state index in [9.17, 15) is 4.79 Å². The lowest BCUT2D eigenvalue weighted by atomic mass is 10.4. The molecular formula is C10H9N3OS. The van der Waals surface area contributed by atoms with Gasteiger partial charge >= 0.3 is 0 Å². The molecule has 0 radical (unpaired) electrons. The maximum atomic E-state index is 11.6. The van der Waals surface area contributed by atoms with Crippen molar-refractivity contribution in [2.24, 2.45) is 0 Å². The Hall–Kier alpha value is -1.75. The first kappa shape index (κ1) is 9.79. The van der Waals surface area contributed by atoms with E-state index in [2.05, 4.69) is 15.3 Å². The van der Waals surface area contributed by atoms with Gasteiger partial charge in [-0.2, -0.15) is 11.3 Å². The molecule has 0 fully saturated rings. The van der Waals surface area contributed by atoms with Gasteiger partial charge in [-0.3, -0.25) is 9.78 Å². The van der Waals surface area contributed by atoms with Crippen molar-refractivity contribution < 1.29 is 4.79 Å². The first-order valence-corrected chi connectivity index (χ1v) is 5.32. The summed E-state index contributed by atoms with van der Waals surface area (Å²) in [6, 6.07) is 1.84. The van der Waals surface area contributed by atoms with Gasteiger partial charge in [-0.1, -0.05) is 0 Å². The molecule has 1 amide bonds. The van der Waals surface area contributed by atoms with Crippen LogP contribution in [-0.2, 0) is 0 Å². The van der Waals surface area contributed by atoms with E-state index >= 15 is 0 Å². The topological polar surface area (TPSA) is 54.9 Å². The van der Waals surface area contributed by atoms with Gasteiger partial charge in [-0.15, -0.1) is 0 Å². The van der Waals surface area contributed by atoms with Gasteiger partial charge in [0.1, 0.15) is 5.69 Å². The van der Waals surface area contributed by atoms with Crippen LogP contribution in [-0.4, -0.2) is 15.9 Å². The number of nitrogens with one attached hydrogen (secondary N) is 1. The largest absolute Gasteiger partial charge is 0.320 e. The van der Waals surface area contributed by atoms with Crippen LogP contribution in [0.1, 0.15) is 16.2 Å². The molecule has 0 saturated carbocycles. The number of aryl methyl sites for hydroxylation is 1. The Labute approximate surface area is 91.0 Å². The smallest absolute Gasteiger partial charge is 0.275 e. The van der Waals surface area contributed by atoms with Crippen LogP contribution in [0.15, 0.2) is 29.2 Å². The SMILES string of the molecule is Cc1cnc(C(=O)Nc2ccsc2)cn1. The standard InChI is InChI=1S/C10H9N3OS/c1-7-4-12-9(5-11-7)10(14)13-8-2-3-15-6-8/h2-6H,1H3,(H,13,14). The van der Waals surface area contributed by atoms with Gasteiger partial charge in [0.2, 0.25) is 0 Å². The van der Waals surface area contributed by atoms with Gasteiger partial charge in [0, 0.05) is 11.6 Å². The van der Waals surface area contributed by atoms with Crippen LogP contribution in [0.4, 0.5) is 5.69 Å². The summed E-state index contributed by atoms with van der Waals surface area (Å²) in [5.74, 6) is -0.235. The molecule has 0 aliphatic heterocycles. The van der Waals surface area contributed by atoms with Gasteiger partial charge in [0.25, 0.3) is 5.91 Å². The maximum Gasteiger partial charge on any atom is 0.275 e. The van der Waals surface area contributed by atoms with Crippen molar-refractivity contribution in [2.75, 3.05) is 5.32 Å². The Morgan fingerprint density at radius 3 is 2.87 bits per heavy atom. The summed E-state index contributed by atoms with van der Waals surface area (Å²) >= 11 is 1.53. The molecule has 0 saturated heterocycles. The molecule has 2 heterocycles. The Morgan fingerprint density at radius 2 is 2.27 bits per heavy atom. The summed E-state index contributed by atoms with van der Waals surface area (Å²) < 4.78 is 0. The zero-order valence-electron chi connectivity index (χ0n) is 8.10. The van der Waals surface area contributed by atoms with Crippen molar-refractivity contribution in [3.05, 3.63) is 40.6 Å². The third-order valence-electron chi connectivity index (χ3n) is 1.79. The second kappa shape index (κ2) is 4.18. The van der Waals surface area contributed by atoms with Crippen molar-refractivity contribution in [3.8, 4) is 0 Å². The van der Waals surface area contributed by atoms with Crippen LogP contribution in [0, 0.1) is 6.92 Å². The predicted octanol–water partition coefficient (Wildman–Crippen LogP) is 2.10. The van der Waals surface area contributed by atoms with Crippen LogP contribution in [0.3, 0.4) is 0 Å². The minimum absolute atomic E-state index is 0.235. The van der Waals surface area contributed by atoms with E-state index in [4.69, 9.17) is 0 Å². The van der Waals surface area contributed by atoms with Gasteiger partial charge in [-0.05, 0) is 18.4 Å². The minimum atomic E-state index is -0.235. The number of hydrogen-bond acceptors (Lipinski definition) is 4. The highest BCUT2D eigenvalue weighted by atomic mass is 32.1. The molecule has 0 atom stereocenters. The molecule has 0 aliphatic rings. The molecule has 2 aromatic heterocycles. The van der Waals surface area contributed by atoms with Crippen LogP contribution >= 0.6 is 11.3 Å². The summed E-state index contributed by atoms with van der Waals surface area (Å²) in [4.78, 5) is 19.6. The first-order valence-electron chi connectivity index (χ1n) is 4.38. The molecule has 0 unspecified atom stereocenters. The highest BCUT2D eigenvalue weighted by Crippen LogP contribution is 2.12. The average molecular weight is 219 g/mol. The molecule has 76 valence electrons. The molecule has 4 nitrogen and oxygen atoms in total. The number of rotatable bonds is 2. The number of amides is 1. The summed E-state index contributed by atoms with van der Waals surface area (Å²) in [7, 11) is 0. The van der Waals surface area contributed by atoms with E-state index in [-0.39, 0.29) is 5.91 Å². The second-order valence-electron chi connectivity index (χ2n) is 3.01. The molecular weight excluding hydrogens is 210 g/mol. The molecule has 2 aromatic rings. The Balaban J connectivity index is 2.11. The lowest BCUT2D eigenvalue weighted by Gasteiger charge is -2.01. The molecule has 2 rings (SSSR count). The lowest BCUT2D eigenvalue weighted by Crippen LogP contribution is -2.13. The number of hydrogen-bond donors (Lipinski definition) is 1. The lowest BCUT2D eigenvalue weighted by molar-refractivity contribution is 0.102. The monoisotopic (exact) mass is 219 g/mol. The fraction of sp³-hybridized carbons (Fsp3) is 0.100. The third-order valence-corrected chi connectivity index (χ3v) is 2.48. The van der Waals surface area contributed by atoms with Crippen molar-refractivity contribution in [3.63, 3.8) is 0 Å². The quantitative estimate of drug-likeness (QED) is 0.841. The van der Waals surface area contributed by atoms with E-state index < -0.39 is 0 Å². The first-order chi connectivity index (χ1) is 7.25. The second-order valence-corrected chi connectivity index (χ2v) is 3.79. The van der Waals surface area contributed by atoms with Crippen LogP contribution in [0.25, 0.3) is 0 Å². The summed E-state index contributed by atoms with van der Waals surface area (Å²) in [5, 5.41) is 6.49. The Kier molecular flexibility index (Phi) is 2.73. The van der Waals surface area contributed by atoms with Crippen LogP contribution < -0.4 is 5.32 Å². The zero-order chi connectivity index (χ0) is 10.7. The Bertz CT molecular complexity index is 450. The van der Waals surface area contributed by atoms with E-state index in [0.717, 1.165) is 11.4 Å². The highest BCUT2D eigenvalue weighted by Gasteiger charge is 2.07.